The van der Waals surface area contributed by atoms with E-state index < -0.39 is 0 Å². The van der Waals surface area contributed by atoms with Crippen molar-refractivity contribution >= 4 is 40.6 Å². The SMILES string of the molecule is C=CCOc1ccc(/C=C2\SC(=O)N(Cc3ccc(C)cc3)C2=O)cc1Cl. The normalized spacial score (nSPS) is 15.5. The van der Waals surface area contributed by atoms with E-state index in [2.05, 4.69) is 6.58 Å². The summed E-state index contributed by atoms with van der Waals surface area (Å²) in [5, 5.41) is 0.161. The maximum absolute atomic E-state index is 12.6. The van der Waals surface area contributed by atoms with Crippen molar-refractivity contribution in [2.45, 2.75) is 13.5 Å². The summed E-state index contributed by atoms with van der Waals surface area (Å²) in [6.45, 7) is 6.20. The zero-order valence-electron chi connectivity index (χ0n) is 14.8. The molecule has 0 bridgehead atoms. The van der Waals surface area contributed by atoms with E-state index in [-0.39, 0.29) is 17.7 Å². The number of halogens is 1. The molecule has 1 fully saturated rings. The molecule has 3 rings (SSSR count). The fourth-order valence-electron chi connectivity index (χ4n) is 2.54. The van der Waals surface area contributed by atoms with E-state index in [4.69, 9.17) is 16.3 Å². The van der Waals surface area contributed by atoms with E-state index in [0.29, 0.717) is 22.3 Å². The molecule has 0 aromatic heterocycles. The van der Waals surface area contributed by atoms with Gasteiger partial charge in [0, 0.05) is 0 Å². The molecule has 0 spiro atoms. The van der Waals surface area contributed by atoms with E-state index in [9.17, 15) is 9.59 Å². The predicted molar refractivity (Wildman–Crippen MR) is 110 cm³/mol. The standard InChI is InChI=1S/C21H18ClNO3S/c1-3-10-26-18-9-8-16(11-17(18)22)12-19-20(24)23(21(25)27-19)13-15-6-4-14(2)5-7-15/h3-9,11-12H,1,10,13H2,2H3/b19-12-. The lowest BCUT2D eigenvalue weighted by Gasteiger charge is -2.12. The van der Waals surface area contributed by atoms with Crippen molar-refractivity contribution in [1.29, 1.82) is 0 Å². The lowest BCUT2D eigenvalue weighted by molar-refractivity contribution is -0.123. The van der Waals surface area contributed by atoms with E-state index in [1.165, 1.54) is 4.90 Å². The molecule has 0 unspecified atom stereocenters. The molecular formula is C21H18ClNO3S. The highest BCUT2D eigenvalue weighted by Gasteiger charge is 2.34. The number of amides is 2. The summed E-state index contributed by atoms with van der Waals surface area (Å²) in [7, 11) is 0. The Labute approximate surface area is 167 Å². The first kappa shape index (κ1) is 19.3. The van der Waals surface area contributed by atoms with E-state index in [1.807, 2.05) is 31.2 Å². The number of carbonyl (C=O) groups excluding carboxylic acids is 2. The van der Waals surface area contributed by atoms with Crippen LogP contribution in [0.5, 0.6) is 5.75 Å². The number of aryl methyl sites for hydroxylation is 1. The van der Waals surface area contributed by atoms with Gasteiger partial charge >= 0.3 is 0 Å². The molecular weight excluding hydrogens is 382 g/mol. The van der Waals surface area contributed by atoms with Crippen LogP contribution in [-0.2, 0) is 11.3 Å². The number of hydrogen-bond donors (Lipinski definition) is 0. The molecule has 2 aromatic carbocycles. The van der Waals surface area contributed by atoms with Crippen LogP contribution in [0.2, 0.25) is 5.02 Å². The van der Waals surface area contributed by atoms with Crippen LogP contribution >= 0.6 is 23.4 Å². The Kier molecular flexibility index (Phi) is 6.04. The predicted octanol–water partition coefficient (Wildman–Crippen LogP) is 5.45. The van der Waals surface area contributed by atoms with Crippen molar-refractivity contribution in [3.8, 4) is 5.75 Å². The monoisotopic (exact) mass is 399 g/mol. The number of hydrogen-bond acceptors (Lipinski definition) is 4. The van der Waals surface area contributed by atoms with Crippen LogP contribution in [-0.4, -0.2) is 22.7 Å². The van der Waals surface area contributed by atoms with Gasteiger partial charge in [-0.2, -0.15) is 0 Å². The van der Waals surface area contributed by atoms with E-state index in [0.717, 1.165) is 28.5 Å². The molecule has 2 amide bonds. The first-order valence-electron chi connectivity index (χ1n) is 8.32. The molecule has 1 aliphatic rings. The molecule has 138 valence electrons. The van der Waals surface area contributed by atoms with Crippen molar-refractivity contribution < 1.29 is 14.3 Å². The van der Waals surface area contributed by atoms with Gasteiger partial charge < -0.3 is 4.74 Å². The van der Waals surface area contributed by atoms with Crippen LogP contribution in [0.1, 0.15) is 16.7 Å². The van der Waals surface area contributed by atoms with Gasteiger partial charge in [0.15, 0.2) is 0 Å². The fourth-order valence-corrected chi connectivity index (χ4v) is 3.62. The number of ether oxygens (including phenoxy) is 1. The van der Waals surface area contributed by atoms with Gasteiger partial charge in [0.1, 0.15) is 12.4 Å². The van der Waals surface area contributed by atoms with Crippen LogP contribution < -0.4 is 4.74 Å². The highest BCUT2D eigenvalue weighted by molar-refractivity contribution is 8.18. The van der Waals surface area contributed by atoms with E-state index >= 15 is 0 Å². The maximum atomic E-state index is 12.6. The minimum Gasteiger partial charge on any atom is -0.488 e. The molecule has 2 aromatic rings. The zero-order valence-corrected chi connectivity index (χ0v) is 16.3. The number of benzene rings is 2. The topological polar surface area (TPSA) is 46.6 Å². The van der Waals surface area contributed by atoms with Gasteiger partial charge in [-0.1, -0.05) is 60.2 Å². The molecule has 4 nitrogen and oxygen atoms in total. The second-order valence-electron chi connectivity index (χ2n) is 6.04. The van der Waals surface area contributed by atoms with Gasteiger partial charge in [-0.25, -0.2) is 0 Å². The second kappa shape index (κ2) is 8.46. The first-order valence-corrected chi connectivity index (χ1v) is 9.51. The summed E-state index contributed by atoms with van der Waals surface area (Å²) in [4.78, 5) is 26.5. The Morgan fingerprint density at radius 1 is 1.19 bits per heavy atom. The number of carbonyl (C=O) groups is 2. The first-order chi connectivity index (χ1) is 13.0. The second-order valence-corrected chi connectivity index (χ2v) is 7.44. The average molecular weight is 400 g/mol. The quantitative estimate of drug-likeness (QED) is 0.478. The third kappa shape index (κ3) is 4.62. The van der Waals surface area contributed by atoms with E-state index in [1.54, 1.807) is 30.4 Å². The molecule has 27 heavy (non-hydrogen) atoms. The minimum absolute atomic E-state index is 0.261. The number of thioether (sulfide) groups is 1. The minimum atomic E-state index is -0.298. The molecule has 1 heterocycles. The van der Waals surface area contributed by atoms with Crippen LogP contribution in [0.4, 0.5) is 4.79 Å². The molecule has 0 saturated carbocycles. The molecule has 1 saturated heterocycles. The summed E-state index contributed by atoms with van der Waals surface area (Å²) in [5.74, 6) is 0.245. The molecule has 0 N–H and O–H groups in total. The Hall–Kier alpha value is -2.50. The van der Waals surface area contributed by atoms with Crippen LogP contribution in [0.25, 0.3) is 6.08 Å². The Morgan fingerprint density at radius 3 is 2.59 bits per heavy atom. The Bertz CT molecular complexity index is 922. The highest BCUT2D eigenvalue weighted by atomic mass is 35.5. The summed E-state index contributed by atoms with van der Waals surface area (Å²) >= 11 is 7.14. The van der Waals surface area contributed by atoms with Gasteiger partial charge in [-0.05, 0) is 48.0 Å². The molecule has 1 aliphatic heterocycles. The van der Waals surface area contributed by atoms with Gasteiger partial charge in [-0.3, -0.25) is 14.5 Å². The summed E-state index contributed by atoms with van der Waals surface area (Å²) < 4.78 is 5.44. The van der Waals surface area contributed by atoms with Crippen molar-refractivity contribution in [2.24, 2.45) is 0 Å². The third-order valence-electron chi connectivity index (χ3n) is 3.95. The number of rotatable bonds is 6. The lowest BCUT2D eigenvalue weighted by atomic mass is 10.1. The number of nitrogens with zero attached hydrogens (tertiary/aromatic N) is 1. The maximum Gasteiger partial charge on any atom is 0.293 e. The van der Waals surface area contributed by atoms with Gasteiger partial charge in [-0.15, -0.1) is 0 Å². The average Bonchev–Trinajstić information content (AvgIpc) is 2.90. The van der Waals surface area contributed by atoms with Gasteiger partial charge in [0.25, 0.3) is 11.1 Å². The van der Waals surface area contributed by atoms with Gasteiger partial charge in [0.05, 0.1) is 16.5 Å². The van der Waals surface area contributed by atoms with Crippen LogP contribution in [0.3, 0.4) is 0 Å². The third-order valence-corrected chi connectivity index (χ3v) is 5.15. The fraction of sp³-hybridized carbons (Fsp3) is 0.143. The summed E-state index contributed by atoms with van der Waals surface area (Å²) in [6.07, 6.45) is 3.30. The highest BCUT2D eigenvalue weighted by Crippen LogP contribution is 2.34. The Morgan fingerprint density at radius 2 is 1.93 bits per heavy atom. The molecule has 0 aliphatic carbocycles. The summed E-state index contributed by atoms with van der Waals surface area (Å²) in [6, 6.07) is 13.0. The van der Waals surface area contributed by atoms with Crippen molar-refractivity contribution in [1.82, 2.24) is 4.90 Å². The van der Waals surface area contributed by atoms with Crippen molar-refractivity contribution in [3.05, 3.63) is 81.7 Å². The molecule has 6 heteroatoms. The van der Waals surface area contributed by atoms with Crippen molar-refractivity contribution in [2.75, 3.05) is 6.61 Å². The lowest BCUT2D eigenvalue weighted by Crippen LogP contribution is -2.27. The molecule has 0 radical (unpaired) electrons. The zero-order chi connectivity index (χ0) is 19.4. The smallest absolute Gasteiger partial charge is 0.293 e. The molecule has 0 atom stereocenters. The van der Waals surface area contributed by atoms with Crippen molar-refractivity contribution in [3.63, 3.8) is 0 Å². The van der Waals surface area contributed by atoms with Gasteiger partial charge in [0.2, 0.25) is 0 Å². The largest absolute Gasteiger partial charge is 0.488 e. The van der Waals surface area contributed by atoms with Crippen LogP contribution in [0, 0.1) is 6.92 Å². The Balaban J connectivity index is 1.76. The number of imide groups is 1. The summed E-state index contributed by atoms with van der Waals surface area (Å²) in [5.41, 5.74) is 2.77. The van der Waals surface area contributed by atoms with Crippen LogP contribution in [0.15, 0.2) is 60.0 Å².